The third kappa shape index (κ3) is 4.70. The van der Waals surface area contributed by atoms with Crippen molar-refractivity contribution in [2.24, 2.45) is 10.8 Å². The lowest BCUT2D eigenvalue weighted by atomic mass is 9.86. The minimum atomic E-state index is -0.554. The van der Waals surface area contributed by atoms with Gasteiger partial charge in [0.15, 0.2) is 6.29 Å². The number of ether oxygens (including phenoxy) is 4. The number of hydrogen-bond acceptors (Lipinski definition) is 8. The van der Waals surface area contributed by atoms with Gasteiger partial charge < -0.3 is 39.4 Å². The minimum absolute atomic E-state index is 0.0237. The predicted octanol–water partition coefficient (Wildman–Crippen LogP) is -0.728. The van der Waals surface area contributed by atoms with Crippen LogP contribution >= 0.6 is 0 Å². The van der Waals surface area contributed by atoms with Crippen LogP contribution < -0.4 is 0 Å². The molecule has 0 saturated carbocycles. The number of rotatable bonds is 4. The zero-order chi connectivity index (χ0) is 18.7. The van der Waals surface area contributed by atoms with Crippen LogP contribution in [0.1, 0.15) is 27.2 Å². The Morgan fingerprint density at radius 1 is 0.920 bits per heavy atom. The van der Waals surface area contributed by atoms with Crippen molar-refractivity contribution >= 4 is 0 Å². The highest BCUT2D eigenvalue weighted by atomic mass is 16.7. The van der Waals surface area contributed by atoms with Gasteiger partial charge in [0.05, 0.1) is 39.6 Å². The van der Waals surface area contributed by atoms with Gasteiger partial charge in [0.25, 0.3) is 0 Å². The van der Waals surface area contributed by atoms with Crippen molar-refractivity contribution in [2.45, 2.75) is 57.9 Å². The SMILES string of the molecule is CCC1(CO)COC(C(C)(C)CO)OC1.OC1CO[C@@H]2C(O)CO[C@H]12. The van der Waals surface area contributed by atoms with Crippen LogP contribution in [0.4, 0.5) is 0 Å². The summed E-state index contributed by atoms with van der Waals surface area (Å²) < 4.78 is 21.3. The van der Waals surface area contributed by atoms with E-state index in [1.165, 1.54) is 0 Å². The summed E-state index contributed by atoms with van der Waals surface area (Å²) in [5.41, 5.74) is -0.655. The van der Waals surface area contributed by atoms with E-state index >= 15 is 0 Å². The number of fused-ring (bicyclic) bond motifs is 1. The zero-order valence-corrected chi connectivity index (χ0v) is 15.3. The molecule has 25 heavy (non-hydrogen) atoms. The first-order valence-electron chi connectivity index (χ1n) is 8.83. The Morgan fingerprint density at radius 3 is 1.76 bits per heavy atom. The monoisotopic (exact) mass is 364 g/mol. The summed E-state index contributed by atoms with van der Waals surface area (Å²) in [6, 6.07) is 0. The molecule has 0 aromatic rings. The van der Waals surface area contributed by atoms with Gasteiger partial charge in [0.1, 0.15) is 24.4 Å². The molecule has 3 aliphatic heterocycles. The normalized spacial score (nSPS) is 41.2. The van der Waals surface area contributed by atoms with Crippen LogP contribution in [0.3, 0.4) is 0 Å². The van der Waals surface area contributed by atoms with Gasteiger partial charge in [-0.05, 0) is 6.42 Å². The van der Waals surface area contributed by atoms with Crippen molar-refractivity contribution in [2.75, 3.05) is 39.6 Å². The van der Waals surface area contributed by atoms with Crippen molar-refractivity contribution in [3.8, 4) is 0 Å². The van der Waals surface area contributed by atoms with Crippen molar-refractivity contribution in [3.63, 3.8) is 0 Å². The first-order valence-corrected chi connectivity index (χ1v) is 8.83. The summed E-state index contributed by atoms with van der Waals surface area (Å²) in [6.07, 6.45) is -1.25. The van der Waals surface area contributed by atoms with E-state index in [2.05, 4.69) is 0 Å². The van der Waals surface area contributed by atoms with Crippen LogP contribution in [-0.4, -0.2) is 90.8 Å². The third-order valence-corrected chi connectivity index (χ3v) is 5.21. The molecule has 0 bridgehead atoms. The van der Waals surface area contributed by atoms with Gasteiger partial charge in [-0.3, -0.25) is 0 Å². The van der Waals surface area contributed by atoms with Gasteiger partial charge in [-0.2, -0.15) is 0 Å². The second-order valence-corrected chi connectivity index (χ2v) is 7.84. The lowest BCUT2D eigenvalue weighted by Gasteiger charge is -2.43. The lowest BCUT2D eigenvalue weighted by Crippen LogP contribution is -2.49. The van der Waals surface area contributed by atoms with E-state index in [0.717, 1.165) is 6.42 Å². The second-order valence-electron chi connectivity index (χ2n) is 7.84. The molecule has 3 rings (SSSR count). The van der Waals surface area contributed by atoms with E-state index in [1.807, 2.05) is 20.8 Å². The molecule has 148 valence electrons. The highest BCUT2D eigenvalue weighted by molar-refractivity contribution is 4.93. The average Bonchev–Trinajstić information content (AvgIpc) is 3.19. The largest absolute Gasteiger partial charge is 0.396 e. The molecule has 4 N–H and O–H groups in total. The van der Waals surface area contributed by atoms with E-state index in [9.17, 15) is 10.2 Å². The van der Waals surface area contributed by atoms with E-state index in [1.54, 1.807) is 0 Å². The molecule has 0 radical (unpaired) electrons. The molecule has 8 heteroatoms. The molecule has 4 atom stereocenters. The summed E-state index contributed by atoms with van der Waals surface area (Å²) >= 11 is 0. The molecule has 3 heterocycles. The molecule has 0 aromatic carbocycles. The van der Waals surface area contributed by atoms with E-state index in [0.29, 0.717) is 13.2 Å². The minimum Gasteiger partial charge on any atom is -0.396 e. The van der Waals surface area contributed by atoms with Crippen molar-refractivity contribution < 1.29 is 39.4 Å². The number of aliphatic hydroxyl groups excluding tert-OH is 4. The summed E-state index contributed by atoms with van der Waals surface area (Å²) in [4.78, 5) is 0. The molecule has 0 aromatic heterocycles. The topological polar surface area (TPSA) is 118 Å². The molecular formula is C17H32O8. The van der Waals surface area contributed by atoms with Gasteiger partial charge in [-0.15, -0.1) is 0 Å². The van der Waals surface area contributed by atoms with Crippen LogP contribution in [0.5, 0.6) is 0 Å². The van der Waals surface area contributed by atoms with E-state index in [4.69, 9.17) is 29.2 Å². The van der Waals surface area contributed by atoms with Gasteiger partial charge >= 0.3 is 0 Å². The van der Waals surface area contributed by atoms with Gasteiger partial charge in [-0.25, -0.2) is 0 Å². The first-order chi connectivity index (χ1) is 11.8. The number of aliphatic hydroxyl groups is 4. The standard InChI is InChI=1S/C11H22O4.C6H10O4/c1-4-11(6-13)7-14-9(15-8-11)10(2,3)5-12;7-3-1-9-6-4(8)2-10-5(3)6/h9,12-13H,4-8H2,1-3H3;3-8H,1-2H2/t;3?,4?,5-,6-/m.1/s1. The fourth-order valence-electron chi connectivity index (χ4n) is 2.99. The second kappa shape index (κ2) is 8.58. The first kappa shape index (κ1) is 21.0. The smallest absolute Gasteiger partial charge is 0.164 e. The molecule has 3 fully saturated rings. The number of hydrogen-bond donors (Lipinski definition) is 4. The summed E-state index contributed by atoms with van der Waals surface area (Å²) in [5, 5.41) is 36.8. The van der Waals surface area contributed by atoms with E-state index < -0.39 is 17.6 Å². The summed E-state index contributed by atoms with van der Waals surface area (Å²) in [5.74, 6) is 0. The Hall–Kier alpha value is -0.320. The highest BCUT2D eigenvalue weighted by Crippen LogP contribution is 2.34. The molecule has 0 amide bonds. The van der Waals surface area contributed by atoms with Crippen molar-refractivity contribution in [1.82, 2.24) is 0 Å². The quantitative estimate of drug-likeness (QED) is 0.516. The van der Waals surface area contributed by atoms with E-state index in [-0.39, 0.29) is 50.3 Å². The Kier molecular flexibility index (Phi) is 7.20. The van der Waals surface area contributed by atoms with Gasteiger partial charge in [0, 0.05) is 10.8 Å². The molecule has 3 saturated heterocycles. The Morgan fingerprint density at radius 2 is 1.40 bits per heavy atom. The van der Waals surface area contributed by atoms with Gasteiger partial charge in [0.2, 0.25) is 0 Å². The van der Waals surface area contributed by atoms with Gasteiger partial charge in [-0.1, -0.05) is 20.8 Å². The lowest BCUT2D eigenvalue weighted by molar-refractivity contribution is -0.279. The van der Waals surface area contributed by atoms with Crippen LogP contribution in [0.15, 0.2) is 0 Å². The van der Waals surface area contributed by atoms with Crippen LogP contribution in [0.2, 0.25) is 0 Å². The Balaban J connectivity index is 0.000000194. The van der Waals surface area contributed by atoms with Crippen molar-refractivity contribution in [1.29, 1.82) is 0 Å². The molecule has 2 unspecified atom stereocenters. The molecule has 0 aliphatic carbocycles. The highest BCUT2D eigenvalue weighted by Gasteiger charge is 2.46. The average molecular weight is 364 g/mol. The fourth-order valence-corrected chi connectivity index (χ4v) is 2.99. The Labute approximate surface area is 148 Å². The van der Waals surface area contributed by atoms with Crippen LogP contribution in [0, 0.1) is 10.8 Å². The maximum absolute atomic E-state index is 9.28. The molecule has 0 spiro atoms. The summed E-state index contributed by atoms with van der Waals surface area (Å²) in [7, 11) is 0. The van der Waals surface area contributed by atoms with Crippen LogP contribution in [0.25, 0.3) is 0 Å². The van der Waals surface area contributed by atoms with Crippen LogP contribution in [-0.2, 0) is 18.9 Å². The summed E-state index contributed by atoms with van der Waals surface area (Å²) in [6.45, 7) is 7.47. The maximum atomic E-state index is 9.28. The predicted molar refractivity (Wildman–Crippen MR) is 87.9 cm³/mol. The molecule has 3 aliphatic rings. The third-order valence-electron chi connectivity index (χ3n) is 5.21. The maximum Gasteiger partial charge on any atom is 0.164 e. The molecular weight excluding hydrogens is 332 g/mol. The molecule has 8 nitrogen and oxygen atoms in total. The fraction of sp³-hybridized carbons (Fsp3) is 1.00. The zero-order valence-electron chi connectivity index (χ0n) is 15.3. The Bertz CT molecular complexity index is 385. The van der Waals surface area contributed by atoms with Crippen molar-refractivity contribution in [3.05, 3.63) is 0 Å².